The summed E-state index contributed by atoms with van der Waals surface area (Å²) in [5.74, 6) is 0.434. The van der Waals surface area contributed by atoms with Gasteiger partial charge < -0.3 is 9.64 Å². The molecule has 0 atom stereocenters. The third-order valence-electron chi connectivity index (χ3n) is 4.05. The Hall–Kier alpha value is -3.15. The molecule has 0 aliphatic rings. The lowest BCUT2D eigenvalue weighted by atomic mass is 10.2. The molecule has 6 nitrogen and oxygen atoms in total. The summed E-state index contributed by atoms with van der Waals surface area (Å²) in [7, 11) is 1.61. The summed E-state index contributed by atoms with van der Waals surface area (Å²) in [6.45, 7) is 2.78. The highest BCUT2D eigenvalue weighted by Crippen LogP contribution is 2.14. The number of carbonyl (C=O) groups is 1. The zero-order valence-corrected chi connectivity index (χ0v) is 14.2. The van der Waals surface area contributed by atoms with Gasteiger partial charge in [0, 0.05) is 25.5 Å². The Morgan fingerprint density at radius 2 is 1.96 bits per heavy atom. The van der Waals surface area contributed by atoms with Gasteiger partial charge in [0.15, 0.2) is 0 Å². The molecule has 0 aliphatic heterocycles. The Kier molecular flexibility index (Phi) is 4.79. The molecule has 1 amide bonds. The van der Waals surface area contributed by atoms with E-state index in [4.69, 9.17) is 4.74 Å². The lowest BCUT2D eigenvalue weighted by molar-refractivity contribution is 0.0750. The third kappa shape index (κ3) is 3.38. The fraction of sp³-hybridized carbons (Fsp3) is 0.211. The largest absolute Gasteiger partial charge is 0.497 e. The molecule has 25 heavy (non-hydrogen) atoms. The Morgan fingerprint density at radius 1 is 1.20 bits per heavy atom. The second kappa shape index (κ2) is 7.17. The van der Waals surface area contributed by atoms with Crippen LogP contribution in [0.3, 0.4) is 0 Å². The minimum absolute atomic E-state index is 0.0686. The van der Waals surface area contributed by atoms with E-state index in [9.17, 15) is 9.59 Å². The predicted molar refractivity (Wildman–Crippen MR) is 94.9 cm³/mol. The van der Waals surface area contributed by atoms with Crippen molar-refractivity contribution in [1.29, 1.82) is 0 Å². The summed E-state index contributed by atoms with van der Waals surface area (Å²) in [4.78, 5) is 31.2. The molecule has 3 rings (SSSR count). The summed E-state index contributed by atoms with van der Waals surface area (Å²) in [6.07, 6.45) is 2.97. The number of benzene rings is 1. The van der Waals surface area contributed by atoms with Crippen LogP contribution in [-0.2, 0) is 6.54 Å². The summed E-state index contributed by atoms with van der Waals surface area (Å²) in [5.41, 5.74) is 1.19. The van der Waals surface area contributed by atoms with Gasteiger partial charge in [-0.3, -0.25) is 14.0 Å². The molecule has 1 aromatic carbocycles. The topological polar surface area (TPSA) is 63.9 Å². The lowest BCUT2D eigenvalue weighted by Crippen LogP contribution is -2.35. The molecule has 0 radical (unpaired) electrons. The molecule has 0 unspecified atom stereocenters. The van der Waals surface area contributed by atoms with Crippen LogP contribution >= 0.6 is 0 Å². The molecular formula is C19H19N3O3. The summed E-state index contributed by atoms with van der Waals surface area (Å²) < 4.78 is 6.52. The quantitative estimate of drug-likeness (QED) is 0.717. The maximum absolute atomic E-state index is 12.8. The zero-order valence-electron chi connectivity index (χ0n) is 14.2. The van der Waals surface area contributed by atoms with Crippen molar-refractivity contribution in [1.82, 2.24) is 14.3 Å². The lowest BCUT2D eigenvalue weighted by Gasteiger charge is -2.21. The first-order chi connectivity index (χ1) is 12.1. The van der Waals surface area contributed by atoms with Crippen LogP contribution in [0, 0.1) is 0 Å². The standard InChI is InChI=1S/C19H19N3O3/c1-3-21(13-14-7-9-15(25-2)10-8-14)18(23)16-12-20-17-6-4-5-11-22(17)19(16)24/h4-12H,3,13H2,1-2H3. The number of amides is 1. The minimum atomic E-state index is -0.358. The molecule has 0 spiro atoms. The molecule has 3 aromatic rings. The van der Waals surface area contributed by atoms with Crippen LogP contribution in [0.25, 0.3) is 5.65 Å². The first kappa shape index (κ1) is 16.7. The number of rotatable bonds is 5. The van der Waals surface area contributed by atoms with Gasteiger partial charge in [-0.25, -0.2) is 4.98 Å². The van der Waals surface area contributed by atoms with E-state index in [-0.39, 0.29) is 17.0 Å². The van der Waals surface area contributed by atoms with Gasteiger partial charge in [-0.2, -0.15) is 0 Å². The van der Waals surface area contributed by atoms with Crippen molar-refractivity contribution in [2.45, 2.75) is 13.5 Å². The van der Waals surface area contributed by atoms with E-state index >= 15 is 0 Å². The van der Waals surface area contributed by atoms with Crippen molar-refractivity contribution in [3.05, 3.63) is 76.3 Å². The maximum Gasteiger partial charge on any atom is 0.270 e. The molecule has 128 valence electrons. The monoisotopic (exact) mass is 337 g/mol. The number of hydrogen-bond acceptors (Lipinski definition) is 4. The number of fused-ring (bicyclic) bond motifs is 1. The highest BCUT2D eigenvalue weighted by Gasteiger charge is 2.19. The van der Waals surface area contributed by atoms with Crippen molar-refractivity contribution in [2.24, 2.45) is 0 Å². The average molecular weight is 337 g/mol. The van der Waals surface area contributed by atoms with Gasteiger partial charge in [-0.05, 0) is 36.8 Å². The molecule has 6 heteroatoms. The Bertz CT molecular complexity index is 948. The highest BCUT2D eigenvalue weighted by atomic mass is 16.5. The van der Waals surface area contributed by atoms with Crippen LogP contribution in [-0.4, -0.2) is 33.8 Å². The van der Waals surface area contributed by atoms with E-state index in [1.54, 1.807) is 36.4 Å². The van der Waals surface area contributed by atoms with Crippen LogP contribution in [0.1, 0.15) is 22.8 Å². The highest BCUT2D eigenvalue weighted by molar-refractivity contribution is 5.93. The molecule has 0 saturated carbocycles. The maximum atomic E-state index is 12.8. The number of methoxy groups -OCH3 is 1. The predicted octanol–water partition coefficient (Wildman–Crippen LogP) is 2.37. The van der Waals surface area contributed by atoms with E-state index in [2.05, 4.69) is 4.98 Å². The van der Waals surface area contributed by atoms with Crippen LogP contribution in [0.15, 0.2) is 59.7 Å². The number of aromatic nitrogens is 2. The summed E-state index contributed by atoms with van der Waals surface area (Å²) in [5, 5.41) is 0. The van der Waals surface area contributed by atoms with Crippen molar-refractivity contribution in [3.8, 4) is 5.75 Å². The summed E-state index contributed by atoms with van der Waals surface area (Å²) in [6, 6.07) is 12.8. The normalized spacial score (nSPS) is 10.6. The first-order valence-corrected chi connectivity index (χ1v) is 8.02. The smallest absolute Gasteiger partial charge is 0.270 e. The molecule has 0 aliphatic carbocycles. The van der Waals surface area contributed by atoms with Gasteiger partial charge in [0.1, 0.15) is 17.0 Å². The van der Waals surface area contributed by atoms with Crippen LogP contribution in [0.2, 0.25) is 0 Å². The first-order valence-electron chi connectivity index (χ1n) is 8.02. The van der Waals surface area contributed by atoms with E-state index in [1.165, 1.54) is 10.6 Å². The fourth-order valence-electron chi connectivity index (χ4n) is 2.62. The van der Waals surface area contributed by atoms with Crippen LogP contribution in [0.5, 0.6) is 5.75 Å². The second-order valence-electron chi connectivity index (χ2n) is 5.57. The number of nitrogens with zero attached hydrogens (tertiary/aromatic N) is 3. The van der Waals surface area contributed by atoms with Crippen LogP contribution in [0.4, 0.5) is 0 Å². The molecule has 0 fully saturated rings. The van der Waals surface area contributed by atoms with Gasteiger partial charge in [0.2, 0.25) is 0 Å². The molecular weight excluding hydrogens is 318 g/mol. The fourth-order valence-corrected chi connectivity index (χ4v) is 2.62. The van der Waals surface area contributed by atoms with Gasteiger partial charge in [0.25, 0.3) is 11.5 Å². The molecule has 0 saturated heterocycles. The third-order valence-corrected chi connectivity index (χ3v) is 4.05. The number of pyridine rings is 1. The van der Waals surface area contributed by atoms with E-state index in [0.29, 0.717) is 18.7 Å². The molecule has 2 aromatic heterocycles. The zero-order chi connectivity index (χ0) is 17.8. The summed E-state index contributed by atoms with van der Waals surface area (Å²) >= 11 is 0. The van der Waals surface area contributed by atoms with Gasteiger partial charge in [0.05, 0.1) is 7.11 Å². The molecule has 2 heterocycles. The van der Waals surface area contributed by atoms with E-state index in [1.807, 2.05) is 31.2 Å². The van der Waals surface area contributed by atoms with E-state index < -0.39 is 0 Å². The number of carbonyl (C=O) groups excluding carboxylic acids is 1. The Morgan fingerprint density at radius 3 is 2.64 bits per heavy atom. The van der Waals surface area contributed by atoms with Gasteiger partial charge >= 0.3 is 0 Å². The van der Waals surface area contributed by atoms with Crippen LogP contribution < -0.4 is 10.3 Å². The second-order valence-corrected chi connectivity index (χ2v) is 5.57. The Labute approximate surface area is 145 Å². The van der Waals surface area contributed by atoms with Gasteiger partial charge in [-0.15, -0.1) is 0 Å². The number of hydrogen-bond donors (Lipinski definition) is 0. The molecule has 0 bridgehead atoms. The minimum Gasteiger partial charge on any atom is -0.497 e. The van der Waals surface area contributed by atoms with Gasteiger partial charge in [-0.1, -0.05) is 18.2 Å². The van der Waals surface area contributed by atoms with Crippen molar-refractivity contribution in [3.63, 3.8) is 0 Å². The van der Waals surface area contributed by atoms with Crippen molar-refractivity contribution < 1.29 is 9.53 Å². The van der Waals surface area contributed by atoms with Crippen molar-refractivity contribution in [2.75, 3.05) is 13.7 Å². The Balaban J connectivity index is 1.89. The SMILES string of the molecule is CCN(Cc1ccc(OC)cc1)C(=O)c1cnc2ccccn2c1=O. The molecule has 0 N–H and O–H groups in total. The van der Waals surface area contributed by atoms with E-state index in [0.717, 1.165) is 11.3 Å². The number of ether oxygens (including phenoxy) is 1. The van der Waals surface area contributed by atoms with Crippen molar-refractivity contribution >= 4 is 11.6 Å². The average Bonchev–Trinajstić information content (AvgIpc) is 2.66.